The molecule has 0 saturated carbocycles. The number of benzene rings is 1. The molecule has 0 radical (unpaired) electrons. The van der Waals surface area contributed by atoms with Crippen molar-refractivity contribution in [2.75, 3.05) is 44.1 Å². The number of aliphatic hydroxyl groups is 1. The number of thioether (sulfide) groups is 1. The average molecular weight is 694 g/mol. The molecule has 2 aliphatic rings. The van der Waals surface area contributed by atoms with Gasteiger partial charge in [-0.15, -0.1) is 5.54 Å². The summed E-state index contributed by atoms with van der Waals surface area (Å²) in [5, 5.41) is 17.4. The number of anilines is 1. The zero-order valence-corrected chi connectivity index (χ0v) is 29.7. The highest BCUT2D eigenvalue weighted by Gasteiger charge is 2.32. The second kappa shape index (κ2) is 12.3. The van der Waals surface area contributed by atoms with Gasteiger partial charge in [-0.3, -0.25) is 4.98 Å². The minimum atomic E-state index is -1.84. The lowest BCUT2D eigenvalue weighted by Crippen LogP contribution is -2.42. The Bertz CT molecular complexity index is 2080. The van der Waals surface area contributed by atoms with E-state index in [1.165, 1.54) is 11.8 Å². The van der Waals surface area contributed by atoms with Gasteiger partial charge in [0.15, 0.2) is 23.0 Å². The Hall–Kier alpha value is -3.25. The zero-order chi connectivity index (χ0) is 33.1. The predicted molar refractivity (Wildman–Crippen MR) is 186 cm³/mol. The van der Waals surface area contributed by atoms with E-state index in [2.05, 4.69) is 36.1 Å². The van der Waals surface area contributed by atoms with Gasteiger partial charge in [-0.05, 0) is 38.5 Å². The van der Waals surface area contributed by atoms with Crippen molar-refractivity contribution in [3.8, 4) is 22.7 Å². The molecule has 0 bridgehead atoms. The van der Waals surface area contributed by atoms with Crippen molar-refractivity contribution < 1.29 is 19.0 Å². The molecule has 5 aromatic rings. The minimum absolute atomic E-state index is 0.165. The van der Waals surface area contributed by atoms with Crippen LogP contribution in [-0.4, -0.2) is 87.1 Å². The first kappa shape index (κ1) is 32.3. The molecule has 14 heteroatoms. The van der Waals surface area contributed by atoms with Gasteiger partial charge in [0.25, 0.3) is 0 Å². The fourth-order valence-electron chi connectivity index (χ4n) is 6.33. The highest BCUT2D eigenvalue weighted by Crippen LogP contribution is 2.42. The van der Waals surface area contributed by atoms with Crippen molar-refractivity contribution >= 4 is 64.7 Å². The Morgan fingerprint density at radius 3 is 2.77 bits per heavy atom. The molecule has 2 fully saturated rings. The Morgan fingerprint density at radius 1 is 1.19 bits per heavy atom. The third-order valence-corrected chi connectivity index (χ3v) is 10.1. The van der Waals surface area contributed by atoms with Crippen LogP contribution in [0.5, 0.6) is 0 Å². The molecular formula is C33H37ClFN7O3SSi. The van der Waals surface area contributed by atoms with Gasteiger partial charge in [0.05, 0.1) is 47.8 Å². The molecule has 0 aliphatic carbocycles. The first-order valence-corrected chi connectivity index (χ1v) is 20.9. The molecule has 1 aromatic carbocycles. The van der Waals surface area contributed by atoms with E-state index in [1.807, 2.05) is 21.9 Å². The average Bonchev–Trinajstić information content (AvgIpc) is 3.52. The Labute approximate surface area is 282 Å². The summed E-state index contributed by atoms with van der Waals surface area (Å²) in [7, 11) is -1.84. The van der Waals surface area contributed by atoms with E-state index in [-0.39, 0.29) is 30.4 Å². The number of hydrogen-bond acceptors (Lipinski definition) is 9. The van der Waals surface area contributed by atoms with Crippen LogP contribution in [0.3, 0.4) is 0 Å². The number of fused-ring (bicyclic) bond motifs is 4. The van der Waals surface area contributed by atoms with Gasteiger partial charge in [-0.1, -0.05) is 48.9 Å². The van der Waals surface area contributed by atoms with Crippen LogP contribution in [0.25, 0.3) is 38.7 Å². The van der Waals surface area contributed by atoms with Gasteiger partial charge in [0, 0.05) is 36.5 Å². The van der Waals surface area contributed by atoms with Crippen molar-refractivity contribution in [1.82, 2.24) is 29.1 Å². The maximum Gasteiger partial charge on any atom is 0.190 e. The fourth-order valence-corrected chi connectivity index (χ4v) is 7.43. The second-order valence-corrected chi connectivity index (χ2v) is 19.4. The van der Waals surface area contributed by atoms with E-state index in [9.17, 15) is 5.11 Å². The molecule has 10 nitrogen and oxygen atoms in total. The van der Waals surface area contributed by atoms with Gasteiger partial charge in [0.1, 0.15) is 30.2 Å². The van der Waals surface area contributed by atoms with E-state index in [4.69, 9.17) is 36.1 Å². The monoisotopic (exact) mass is 693 g/mol. The smallest absolute Gasteiger partial charge is 0.190 e. The van der Waals surface area contributed by atoms with Crippen molar-refractivity contribution in [2.45, 2.75) is 62.8 Å². The van der Waals surface area contributed by atoms with Crippen molar-refractivity contribution in [3.05, 3.63) is 41.1 Å². The van der Waals surface area contributed by atoms with E-state index in [1.54, 1.807) is 29.9 Å². The van der Waals surface area contributed by atoms with Gasteiger partial charge < -0.3 is 23.9 Å². The van der Waals surface area contributed by atoms with Gasteiger partial charge >= 0.3 is 0 Å². The topological polar surface area (TPSA) is 103 Å². The lowest BCUT2D eigenvalue weighted by atomic mass is 9.99. The van der Waals surface area contributed by atoms with Crippen LogP contribution in [0.4, 0.5) is 10.2 Å². The number of nitrogens with zero attached hydrogens (tertiary/aromatic N) is 7. The Balaban J connectivity index is 1.54. The van der Waals surface area contributed by atoms with Crippen LogP contribution in [0.2, 0.25) is 24.7 Å². The number of rotatable bonds is 4. The van der Waals surface area contributed by atoms with Crippen LogP contribution in [0.15, 0.2) is 29.8 Å². The predicted octanol–water partition coefficient (Wildman–Crippen LogP) is 6.32. The summed E-state index contributed by atoms with van der Waals surface area (Å²) in [6.45, 7) is 10.2. The maximum atomic E-state index is 17.0. The quantitative estimate of drug-likeness (QED) is 0.100. The molecule has 0 amide bonds. The van der Waals surface area contributed by atoms with Gasteiger partial charge in [-0.25, -0.2) is 19.0 Å². The summed E-state index contributed by atoms with van der Waals surface area (Å²) < 4.78 is 32.4. The lowest BCUT2D eigenvalue weighted by Gasteiger charge is -2.28. The number of hydrogen-bond donors (Lipinski definition) is 1. The number of ether oxygens (including phenoxy) is 2. The molecule has 6 heterocycles. The van der Waals surface area contributed by atoms with Crippen molar-refractivity contribution in [3.63, 3.8) is 0 Å². The molecule has 0 spiro atoms. The molecule has 4 aromatic heterocycles. The molecule has 2 aliphatic heterocycles. The first-order valence-electron chi connectivity index (χ1n) is 15.8. The molecule has 246 valence electrons. The molecule has 7 rings (SSSR count). The normalized spacial score (nSPS) is 20.9. The Kier molecular flexibility index (Phi) is 8.47. The van der Waals surface area contributed by atoms with E-state index in [0.717, 1.165) is 30.2 Å². The van der Waals surface area contributed by atoms with E-state index in [0.29, 0.717) is 58.1 Å². The highest BCUT2D eigenvalue weighted by molar-refractivity contribution is 7.98. The van der Waals surface area contributed by atoms with E-state index >= 15 is 4.39 Å². The van der Waals surface area contributed by atoms with Crippen LogP contribution < -0.4 is 4.90 Å². The molecular weight excluding hydrogens is 657 g/mol. The summed E-state index contributed by atoms with van der Waals surface area (Å²) in [6, 6.07) is 1.88. The summed E-state index contributed by atoms with van der Waals surface area (Å²) in [5.74, 6) is 3.36. The number of halogens is 2. The first-order chi connectivity index (χ1) is 22.5. The number of β-amino-alcohol motifs (C(OH)–C–C–N with tert-alkyl or cyclic N) is 1. The third kappa shape index (κ3) is 6.00. The SMILES string of the molecule is CSc1nc(N2CCOC[C@@](C)(O)C2)c2c(n1)c(F)c1c(-c3c(C#C[Si](C)(C)C)c(Cl)cc4c3cnn4C3CCCCO3)nccn12. The third-order valence-electron chi connectivity index (χ3n) is 8.40. The van der Waals surface area contributed by atoms with Crippen molar-refractivity contribution in [1.29, 1.82) is 0 Å². The summed E-state index contributed by atoms with van der Waals surface area (Å²) in [4.78, 5) is 16.2. The van der Waals surface area contributed by atoms with Crippen LogP contribution in [-0.2, 0) is 9.47 Å². The number of aromatic nitrogens is 6. The van der Waals surface area contributed by atoms with Crippen LogP contribution >= 0.6 is 23.4 Å². The lowest BCUT2D eigenvalue weighted by molar-refractivity contribution is -0.0366. The van der Waals surface area contributed by atoms with Gasteiger partial charge in [0.2, 0.25) is 0 Å². The summed E-state index contributed by atoms with van der Waals surface area (Å²) >= 11 is 8.40. The fraction of sp³-hybridized carbons (Fsp3) is 0.455. The standard InChI is InChI=1S/C33H37ClFN7O3SSi/c1-33(43)18-40(12-14-44-19-33)31-30-28(38-32(39-31)46-2)26(35)29-27(36-10-11-41(29)30)25-20(9-15-47(3,4)5)22(34)16-23-21(25)17-37-42(23)24-8-6-7-13-45-24/h10-11,16-17,24,43H,6-8,12-14,18-19H2,1-5H3/t24?,33-/m0/s1. The molecule has 2 saturated heterocycles. The maximum absolute atomic E-state index is 17.0. The largest absolute Gasteiger partial charge is 0.386 e. The Morgan fingerprint density at radius 2 is 2.02 bits per heavy atom. The summed E-state index contributed by atoms with van der Waals surface area (Å²) in [5.41, 5.74) is 5.54. The second-order valence-electron chi connectivity index (χ2n) is 13.5. The van der Waals surface area contributed by atoms with Crippen LogP contribution in [0, 0.1) is 17.3 Å². The van der Waals surface area contributed by atoms with Gasteiger partial charge in [-0.2, -0.15) is 5.10 Å². The molecule has 47 heavy (non-hydrogen) atoms. The summed E-state index contributed by atoms with van der Waals surface area (Å²) in [6.07, 6.45) is 9.65. The highest BCUT2D eigenvalue weighted by atomic mass is 35.5. The van der Waals surface area contributed by atoms with Crippen LogP contribution in [0.1, 0.15) is 38.0 Å². The van der Waals surface area contributed by atoms with Crippen molar-refractivity contribution in [2.24, 2.45) is 0 Å². The molecule has 1 N–H and O–H groups in total. The minimum Gasteiger partial charge on any atom is -0.386 e. The molecule has 2 atom stereocenters. The van der Waals surface area contributed by atoms with E-state index < -0.39 is 19.5 Å². The molecule has 1 unspecified atom stereocenters. The zero-order valence-electron chi connectivity index (χ0n) is 27.1.